The number of hydrogen-bond donors (Lipinski definition) is 0. The van der Waals surface area contributed by atoms with E-state index in [1.165, 1.54) is 4.31 Å². The van der Waals surface area contributed by atoms with Gasteiger partial charge in [0.05, 0.1) is 12.2 Å². The molecule has 2 aromatic rings. The molecule has 8 heteroatoms. The number of sulfonamides is 1. The minimum Gasteiger partial charge on any atom is -0.441 e. The predicted octanol–water partition coefficient (Wildman–Crippen LogP) is 1.17. The molecule has 24 heavy (non-hydrogen) atoms. The summed E-state index contributed by atoms with van der Waals surface area (Å²) < 4.78 is 30.7. The zero-order chi connectivity index (χ0) is 17.3. The third-order valence-corrected chi connectivity index (χ3v) is 6.15. The highest BCUT2D eigenvalue weighted by Gasteiger charge is 2.27. The number of aromatic nitrogens is 1. The Hall–Kier alpha value is -1.93. The lowest BCUT2D eigenvalue weighted by molar-refractivity contribution is -0.131. The summed E-state index contributed by atoms with van der Waals surface area (Å²) in [5, 5.41) is 0. The van der Waals surface area contributed by atoms with E-state index in [2.05, 4.69) is 4.98 Å². The van der Waals surface area contributed by atoms with E-state index in [1.54, 1.807) is 18.7 Å². The summed E-state index contributed by atoms with van der Waals surface area (Å²) in [6.07, 6.45) is 0.274. The molecule has 1 aliphatic rings. The van der Waals surface area contributed by atoms with Crippen LogP contribution in [0.25, 0.3) is 11.1 Å². The third kappa shape index (κ3) is 3.44. The highest BCUT2D eigenvalue weighted by Crippen LogP contribution is 2.18. The number of hydrogen-bond acceptors (Lipinski definition) is 5. The molecule has 0 unspecified atom stereocenters. The Morgan fingerprint density at radius 2 is 1.96 bits per heavy atom. The largest absolute Gasteiger partial charge is 0.441 e. The van der Waals surface area contributed by atoms with Gasteiger partial charge < -0.3 is 9.32 Å². The Kier molecular flexibility index (Phi) is 4.60. The van der Waals surface area contributed by atoms with Crippen LogP contribution in [0.3, 0.4) is 0 Å². The number of benzene rings is 1. The number of aryl methyl sites for hydroxylation is 1. The van der Waals surface area contributed by atoms with E-state index in [9.17, 15) is 13.2 Å². The van der Waals surface area contributed by atoms with Crippen LogP contribution in [0.1, 0.15) is 18.4 Å². The van der Waals surface area contributed by atoms with Gasteiger partial charge in [0.25, 0.3) is 0 Å². The number of carbonyl (C=O) groups excluding carboxylic acids is 1. The van der Waals surface area contributed by atoms with Crippen LogP contribution in [-0.4, -0.2) is 60.4 Å². The number of piperazine rings is 1. The fourth-order valence-corrected chi connectivity index (χ4v) is 3.96. The van der Waals surface area contributed by atoms with Crippen LogP contribution in [0.2, 0.25) is 0 Å². The van der Waals surface area contributed by atoms with Gasteiger partial charge in [0.1, 0.15) is 5.52 Å². The van der Waals surface area contributed by atoms with Gasteiger partial charge >= 0.3 is 0 Å². The van der Waals surface area contributed by atoms with E-state index in [4.69, 9.17) is 4.42 Å². The Bertz CT molecular complexity index is 851. The summed E-state index contributed by atoms with van der Waals surface area (Å²) >= 11 is 0. The van der Waals surface area contributed by atoms with E-state index in [-0.39, 0.29) is 18.1 Å². The van der Waals surface area contributed by atoms with Gasteiger partial charge in [0, 0.05) is 33.1 Å². The van der Waals surface area contributed by atoms with Crippen molar-refractivity contribution >= 4 is 27.0 Å². The van der Waals surface area contributed by atoms with Crippen LogP contribution in [0.4, 0.5) is 0 Å². The topological polar surface area (TPSA) is 83.7 Å². The van der Waals surface area contributed by atoms with Gasteiger partial charge in [-0.2, -0.15) is 4.31 Å². The molecule has 1 fully saturated rings. The van der Waals surface area contributed by atoms with Gasteiger partial charge in [0.15, 0.2) is 11.5 Å². The Morgan fingerprint density at radius 3 is 2.62 bits per heavy atom. The molecular weight excluding hydrogens is 330 g/mol. The molecule has 0 saturated carbocycles. The van der Waals surface area contributed by atoms with Gasteiger partial charge in [-0.05, 0) is 24.6 Å². The molecular formula is C16H21N3O4S. The zero-order valence-corrected chi connectivity index (χ0v) is 14.7. The second kappa shape index (κ2) is 6.52. The summed E-state index contributed by atoms with van der Waals surface area (Å²) in [5.74, 6) is 0.693. The molecule has 0 atom stereocenters. The van der Waals surface area contributed by atoms with Crippen LogP contribution in [0, 0.1) is 6.92 Å². The molecule has 0 aliphatic carbocycles. The van der Waals surface area contributed by atoms with Crippen molar-refractivity contribution in [2.75, 3.05) is 31.9 Å². The van der Waals surface area contributed by atoms with E-state index in [1.807, 2.05) is 18.2 Å². The first kappa shape index (κ1) is 16.9. The smallest absolute Gasteiger partial charge is 0.227 e. The molecule has 1 aromatic carbocycles. The first-order valence-electron chi connectivity index (χ1n) is 8.00. The van der Waals surface area contributed by atoms with Crippen molar-refractivity contribution in [2.24, 2.45) is 0 Å². The van der Waals surface area contributed by atoms with E-state index in [0.717, 1.165) is 11.1 Å². The Labute approximate surface area is 141 Å². The minimum absolute atomic E-state index is 0.000802. The lowest BCUT2D eigenvalue weighted by Gasteiger charge is -2.33. The maximum atomic E-state index is 12.4. The maximum absolute atomic E-state index is 12.4. The molecule has 2 heterocycles. The molecule has 1 amide bonds. The molecule has 0 bridgehead atoms. The van der Waals surface area contributed by atoms with Crippen LogP contribution in [0.15, 0.2) is 22.6 Å². The highest BCUT2D eigenvalue weighted by atomic mass is 32.2. The van der Waals surface area contributed by atoms with Crippen molar-refractivity contribution in [3.63, 3.8) is 0 Å². The fraction of sp³-hybridized carbons (Fsp3) is 0.500. The Balaban J connectivity index is 1.63. The number of oxazole rings is 1. The van der Waals surface area contributed by atoms with E-state index >= 15 is 0 Å². The number of fused-ring (bicyclic) bond motifs is 1. The number of amides is 1. The average molecular weight is 351 g/mol. The van der Waals surface area contributed by atoms with Crippen molar-refractivity contribution < 1.29 is 17.6 Å². The second-order valence-corrected chi connectivity index (χ2v) is 8.15. The van der Waals surface area contributed by atoms with Crippen molar-refractivity contribution in [3.05, 3.63) is 29.7 Å². The maximum Gasteiger partial charge on any atom is 0.227 e. The van der Waals surface area contributed by atoms with Crippen LogP contribution < -0.4 is 0 Å². The van der Waals surface area contributed by atoms with Gasteiger partial charge in [-0.1, -0.05) is 6.07 Å². The summed E-state index contributed by atoms with van der Waals surface area (Å²) in [6, 6.07) is 5.56. The van der Waals surface area contributed by atoms with Gasteiger partial charge in [-0.3, -0.25) is 4.79 Å². The quantitative estimate of drug-likeness (QED) is 0.826. The fourth-order valence-electron chi connectivity index (χ4n) is 2.88. The molecule has 0 N–H and O–H groups in total. The molecule has 7 nitrogen and oxygen atoms in total. The molecule has 0 spiro atoms. The number of rotatable bonds is 4. The van der Waals surface area contributed by atoms with Crippen molar-refractivity contribution in [3.8, 4) is 0 Å². The molecule has 1 aromatic heterocycles. The van der Waals surface area contributed by atoms with Crippen LogP contribution >= 0.6 is 0 Å². The SMILES string of the molecule is CCS(=O)(=O)N1CCN(C(=O)Cc2ccc3nc(C)oc3c2)CC1. The van der Waals surface area contributed by atoms with Crippen LogP contribution in [-0.2, 0) is 21.2 Å². The number of nitrogens with zero attached hydrogens (tertiary/aromatic N) is 3. The van der Waals surface area contributed by atoms with E-state index < -0.39 is 10.0 Å². The first-order chi connectivity index (χ1) is 11.4. The van der Waals surface area contributed by atoms with Gasteiger partial charge in [0.2, 0.25) is 15.9 Å². The molecule has 1 saturated heterocycles. The van der Waals surface area contributed by atoms with Crippen molar-refractivity contribution in [2.45, 2.75) is 20.3 Å². The van der Waals surface area contributed by atoms with Gasteiger partial charge in [-0.15, -0.1) is 0 Å². The van der Waals surface area contributed by atoms with Crippen LogP contribution in [0.5, 0.6) is 0 Å². The summed E-state index contributed by atoms with van der Waals surface area (Å²) in [7, 11) is -3.18. The molecule has 3 rings (SSSR count). The Morgan fingerprint density at radius 1 is 1.25 bits per heavy atom. The standard InChI is InChI=1S/C16H21N3O4S/c1-3-24(21,22)19-8-6-18(7-9-19)16(20)11-13-4-5-14-15(10-13)23-12(2)17-14/h4-5,10H,3,6-9,11H2,1-2H3. The normalized spacial score (nSPS) is 16.7. The lowest BCUT2D eigenvalue weighted by Crippen LogP contribution is -2.51. The molecule has 1 aliphatic heterocycles. The van der Waals surface area contributed by atoms with Gasteiger partial charge in [-0.25, -0.2) is 13.4 Å². The third-order valence-electron chi connectivity index (χ3n) is 4.26. The lowest BCUT2D eigenvalue weighted by atomic mass is 10.1. The first-order valence-corrected chi connectivity index (χ1v) is 9.61. The number of carbonyl (C=O) groups is 1. The monoisotopic (exact) mass is 351 g/mol. The second-order valence-electron chi connectivity index (χ2n) is 5.89. The van der Waals surface area contributed by atoms with Crippen molar-refractivity contribution in [1.82, 2.24) is 14.2 Å². The summed E-state index contributed by atoms with van der Waals surface area (Å²) in [5.41, 5.74) is 2.33. The molecule has 130 valence electrons. The average Bonchev–Trinajstić information content (AvgIpc) is 2.94. The van der Waals surface area contributed by atoms with E-state index in [0.29, 0.717) is 37.7 Å². The minimum atomic E-state index is -3.18. The van der Waals surface area contributed by atoms with Crippen molar-refractivity contribution in [1.29, 1.82) is 0 Å². The summed E-state index contributed by atoms with van der Waals surface area (Å²) in [4.78, 5) is 18.4. The predicted molar refractivity (Wildman–Crippen MR) is 90.1 cm³/mol. The zero-order valence-electron chi connectivity index (χ0n) is 13.9. The highest BCUT2D eigenvalue weighted by molar-refractivity contribution is 7.89. The molecule has 0 radical (unpaired) electrons. The summed E-state index contributed by atoms with van der Waals surface area (Å²) in [6.45, 7) is 5.01.